The summed E-state index contributed by atoms with van der Waals surface area (Å²) in [6.45, 7) is 13.1. The van der Waals surface area contributed by atoms with Crippen LogP contribution in [0.15, 0.2) is 48.5 Å². The molecule has 0 heterocycles. The van der Waals surface area contributed by atoms with Gasteiger partial charge in [-0.25, -0.2) is 0 Å². The Kier molecular flexibility index (Phi) is 5.22. The van der Waals surface area contributed by atoms with Crippen LogP contribution in [0.4, 0.5) is 0 Å². The zero-order chi connectivity index (χ0) is 18.1. The van der Waals surface area contributed by atoms with Gasteiger partial charge in [0.25, 0.3) is 0 Å². The summed E-state index contributed by atoms with van der Waals surface area (Å²) in [5.41, 5.74) is 10.9. The van der Waals surface area contributed by atoms with Gasteiger partial charge < -0.3 is 10.8 Å². The second-order valence-corrected chi connectivity index (χ2v) is 8.71. The summed E-state index contributed by atoms with van der Waals surface area (Å²) in [5, 5.41) is 10.6. The normalized spacial score (nSPS) is 15.2. The van der Waals surface area contributed by atoms with Crippen molar-refractivity contribution in [2.24, 2.45) is 5.73 Å². The third-order valence-corrected chi connectivity index (χ3v) is 4.62. The second-order valence-electron chi connectivity index (χ2n) is 8.71. The van der Waals surface area contributed by atoms with Crippen molar-refractivity contribution in [2.45, 2.75) is 64.5 Å². The molecule has 0 aliphatic carbocycles. The van der Waals surface area contributed by atoms with Crippen LogP contribution in [-0.4, -0.2) is 5.11 Å². The van der Waals surface area contributed by atoms with E-state index in [2.05, 4.69) is 65.8 Å². The van der Waals surface area contributed by atoms with Gasteiger partial charge in [0.05, 0.1) is 12.1 Å². The molecule has 0 radical (unpaired) electrons. The molecular formula is C22H31NO. The fourth-order valence-corrected chi connectivity index (χ4v) is 2.78. The zero-order valence-corrected chi connectivity index (χ0v) is 15.8. The molecule has 0 aliphatic heterocycles. The number of hydrogen-bond donors (Lipinski definition) is 2. The Morgan fingerprint density at radius 3 is 1.33 bits per heavy atom. The van der Waals surface area contributed by atoms with Gasteiger partial charge >= 0.3 is 0 Å². The van der Waals surface area contributed by atoms with E-state index < -0.39 is 12.1 Å². The third kappa shape index (κ3) is 4.25. The second kappa shape index (κ2) is 6.70. The maximum Gasteiger partial charge on any atom is 0.0982 e. The molecule has 0 bridgehead atoms. The highest BCUT2D eigenvalue weighted by molar-refractivity contribution is 5.33. The van der Waals surface area contributed by atoms with E-state index in [9.17, 15) is 5.11 Å². The van der Waals surface area contributed by atoms with Gasteiger partial charge in [-0.05, 0) is 33.1 Å². The number of aliphatic hydroxyl groups excluding tert-OH is 1. The molecule has 0 spiro atoms. The molecule has 0 saturated heterocycles. The number of nitrogens with two attached hydrogens (primary N) is 1. The zero-order valence-electron chi connectivity index (χ0n) is 15.8. The molecule has 3 N–H and O–H groups in total. The Balaban J connectivity index is 2.18. The Hall–Kier alpha value is -1.64. The monoisotopic (exact) mass is 325 g/mol. The van der Waals surface area contributed by atoms with Gasteiger partial charge in [-0.15, -0.1) is 0 Å². The summed E-state index contributed by atoms with van der Waals surface area (Å²) in [6, 6.07) is 15.9. The molecule has 2 aromatic rings. The topological polar surface area (TPSA) is 46.2 Å². The molecule has 2 atom stereocenters. The first kappa shape index (κ1) is 18.7. The average molecular weight is 325 g/mol. The van der Waals surface area contributed by atoms with Crippen LogP contribution in [0.2, 0.25) is 0 Å². The van der Waals surface area contributed by atoms with Crippen molar-refractivity contribution in [1.29, 1.82) is 0 Å². The molecule has 130 valence electrons. The summed E-state index contributed by atoms with van der Waals surface area (Å²) in [6.07, 6.45) is -0.709. The smallest absolute Gasteiger partial charge is 0.0982 e. The van der Waals surface area contributed by atoms with Crippen LogP contribution in [0.25, 0.3) is 0 Å². The Morgan fingerprint density at radius 2 is 1.00 bits per heavy atom. The minimum atomic E-state index is -0.709. The fraction of sp³-hybridized carbons (Fsp3) is 0.455. The molecule has 2 nitrogen and oxygen atoms in total. The highest BCUT2D eigenvalue weighted by atomic mass is 16.3. The highest BCUT2D eigenvalue weighted by Crippen LogP contribution is 2.30. The van der Waals surface area contributed by atoms with Crippen molar-refractivity contribution >= 4 is 0 Å². The number of rotatable bonds is 3. The summed E-state index contributed by atoms with van der Waals surface area (Å²) in [5.74, 6) is 0. The van der Waals surface area contributed by atoms with E-state index >= 15 is 0 Å². The van der Waals surface area contributed by atoms with Gasteiger partial charge in [-0.1, -0.05) is 90.1 Å². The molecule has 24 heavy (non-hydrogen) atoms. The molecule has 0 aliphatic rings. The lowest BCUT2D eigenvalue weighted by atomic mass is 9.84. The van der Waals surface area contributed by atoms with Crippen molar-refractivity contribution in [2.75, 3.05) is 0 Å². The minimum Gasteiger partial charge on any atom is -0.386 e. The Labute approximate surface area is 146 Å². The van der Waals surface area contributed by atoms with Gasteiger partial charge in [-0.2, -0.15) is 0 Å². The Morgan fingerprint density at radius 1 is 0.667 bits per heavy atom. The average Bonchev–Trinajstić information content (AvgIpc) is 2.52. The lowest BCUT2D eigenvalue weighted by molar-refractivity contribution is 0.147. The van der Waals surface area contributed by atoms with Crippen molar-refractivity contribution in [3.8, 4) is 0 Å². The van der Waals surface area contributed by atoms with Crippen molar-refractivity contribution in [3.63, 3.8) is 0 Å². The first-order chi connectivity index (χ1) is 11.0. The van der Waals surface area contributed by atoms with Gasteiger partial charge in [0.2, 0.25) is 0 Å². The van der Waals surface area contributed by atoms with Crippen LogP contribution in [0.3, 0.4) is 0 Å². The largest absolute Gasteiger partial charge is 0.386 e. The minimum absolute atomic E-state index is 0.106. The van der Waals surface area contributed by atoms with E-state index in [0.717, 1.165) is 11.1 Å². The molecule has 0 saturated carbocycles. The van der Waals surface area contributed by atoms with Gasteiger partial charge in [0.15, 0.2) is 0 Å². The lowest BCUT2D eigenvalue weighted by Gasteiger charge is -2.24. The molecule has 2 heteroatoms. The third-order valence-electron chi connectivity index (χ3n) is 4.62. The molecule has 0 aromatic heterocycles. The van der Waals surface area contributed by atoms with Crippen molar-refractivity contribution in [1.82, 2.24) is 0 Å². The predicted octanol–water partition coefficient (Wildman–Crippen LogP) is 5.02. The Bertz CT molecular complexity index is 596. The maximum atomic E-state index is 10.6. The molecule has 2 rings (SSSR count). The number of hydrogen-bond acceptors (Lipinski definition) is 2. The highest BCUT2D eigenvalue weighted by Gasteiger charge is 2.21. The van der Waals surface area contributed by atoms with Crippen molar-refractivity contribution < 1.29 is 5.11 Å². The van der Waals surface area contributed by atoms with Crippen LogP contribution in [0, 0.1) is 0 Å². The summed E-state index contributed by atoms with van der Waals surface area (Å²) < 4.78 is 0. The lowest BCUT2D eigenvalue weighted by Crippen LogP contribution is -2.20. The molecule has 2 aromatic carbocycles. The molecular weight excluding hydrogens is 294 g/mol. The SMILES string of the molecule is CC(C)(C)c1ccc([C@@H](O)[C@@H](N)c2ccc(C(C)(C)C)cc2)cc1. The van der Waals surface area contributed by atoms with E-state index in [0.29, 0.717) is 0 Å². The standard InChI is InChI=1S/C22H31NO/c1-21(2,3)17-11-7-15(8-12-17)19(23)20(24)16-9-13-18(14-10-16)22(4,5)6/h7-14,19-20,24H,23H2,1-6H3/t19-,20+/m0/s1. The number of aliphatic hydroxyl groups is 1. The van der Waals surface area contributed by atoms with E-state index in [-0.39, 0.29) is 10.8 Å². The quantitative estimate of drug-likeness (QED) is 0.833. The van der Waals surface area contributed by atoms with Gasteiger partial charge in [0, 0.05) is 0 Å². The summed E-state index contributed by atoms with van der Waals surface area (Å²) >= 11 is 0. The maximum absolute atomic E-state index is 10.6. The van der Waals surface area contributed by atoms with E-state index in [1.165, 1.54) is 11.1 Å². The van der Waals surface area contributed by atoms with Crippen molar-refractivity contribution in [3.05, 3.63) is 70.8 Å². The first-order valence-corrected chi connectivity index (χ1v) is 8.64. The van der Waals surface area contributed by atoms with E-state index in [4.69, 9.17) is 5.73 Å². The van der Waals surface area contributed by atoms with Crippen LogP contribution < -0.4 is 5.73 Å². The van der Waals surface area contributed by atoms with Crippen LogP contribution in [0.5, 0.6) is 0 Å². The molecule has 0 unspecified atom stereocenters. The van der Waals surface area contributed by atoms with Gasteiger partial charge in [-0.3, -0.25) is 0 Å². The molecule has 0 fully saturated rings. The summed E-state index contributed by atoms with van der Waals surface area (Å²) in [7, 11) is 0. The number of benzene rings is 2. The molecule has 0 amide bonds. The predicted molar refractivity (Wildman–Crippen MR) is 102 cm³/mol. The fourth-order valence-electron chi connectivity index (χ4n) is 2.78. The van der Waals surface area contributed by atoms with Crippen LogP contribution >= 0.6 is 0 Å². The first-order valence-electron chi connectivity index (χ1n) is 8.64. The van der Waals surface area contributed by atoms with Gasteiger partial charge in [0.1, 0.15) is 0 Å². The van der Waals surface area contributed by atoms with E-state index in [1.807, 2.05) is 24.3 Å². The van der Waals surface area contributed by atoms with Crippen LogP contribution in [-0.2, 0) is 10.8 Å². The van der Waals surface area contributed by atoms with Crippen LogP contribution in [0.1, 0.15) is 75.9 Å². The van der Waals surface area contributed by atoms with E-state index in [1.54, 1.807) is 0 Å². The summed E-state index contributed by atoms with van der Waals surface area (Å²) in [4.78, 5) is 0.